The molecule has 0 N–H and O–H groups in total. The van der Waals surface area contributed by atoms with Gasteiger partial charge in [-0.25, -0.2) is 4.98 Å². The standard InChI is InChI=1S/C18H16FN2/c1-2-14-12-13(9-11-20-14)15-6-3-4-7-16(15)17-8-5-10-21-18(17)19/h4-12H,2-3H2,1H3. The topological polar surface area (TPSA) is 25.8 Å². The Labute approximate surface area is 124 Å². The monoisotopic (exact) mass is 279 g/mol. The van der Waals surface area contributed by atoms with Crippen molar-refractivity contribution in [1.29, 1.82) is 0 Å². The first-order valence-corrected chi connectivity index (χ1v) is 7.10. The SMILES string of the molecule is CCc1cc(C2=C(c3cccnc3F)C=CC[CH]2)ccn1. The van der Waals surface area contributed by atoms with Crippen LogP contribution in [0.15, 0.2) is 48.8 Å². The molecule has 21 heavy (non-hydrogen) atoms. The summed E-state index contributed by atoms with van der Waals surface area (Å²) in [5.41, 5.74) is 4.56. The highest BCUT2D eigenvalue weighted by atomic mass is 19.1. The van der Waals surface area contributed by atoms with E-state index in [1.165, 1.54) is 6.20 Å². The van der Waals surface area contributed by atoms with Crippen molar-refractivity contribution in [3.8, 4) is 0 Å². The number of aromatic nitrogens is 2. The molecule has 105 valence electrons. The van der Waals surface area contributed by atoms with Gasteiger partial charge in [0.2, 0.25) is 5.95 Å². The number of rotatable bonds is 3. The van der Waals surface area contributed by atoms with E-state index in [0.717, 1.165) is 35.2 Å². The molecule has 0 spiro atoms. The number of hydrogen-bond acceptors (Lipinski definition) is 2. The van der Waals surface area contributed by atoms with Gasteiger partial charge in [-0.2, -0.15) is 4.39 Å². The molecule has 0 aliphatic heterocycles. The average molecular weight is 279 g/mol. The molecular weight excluding hydrogens is 263 g/mol. The summed E-state index contributed by atoms with van der Waals surface area (Å²) in [5, 5.41) is 0. The van der Waals surface area contributed by atoms with Gasteiger partial charge in [-0.3, -0.25) is 4.98 Å². The third-order valence-corrected chi connectivity index (χ3v) is 3.57. The van der Waals surface area contributed by atoms with Gasteiger partial charge in [-0.15, -0.1) is 0 Å². The van der Waals surface area contributed by atoms with Gasteiger partial charge in [0.05, 0.1) is 0 Å². The summed E-state index contributed by atoms with van der Waals surface area (Å²) in [6.07, 6.45) is 11.1. The molecule has 0 fully saturated rings. The number of pyridine rings is 2. The lowest BCUT2D eigenvalue weighted by Gasteiger charge is -2.17. The highest BCUT2D eigenvalue weighted by Gasteiger charge is 2.16. The van der Waals surface area contributed by atoms with Crippen LogP contribution in [0, 0.1) is 12.4 Å². The van der Waals surface area contributed by atoms with Crippen LogP contribution >= 0.6 is 0 Å². The molecule has 0 unspecified atom stereocenters. The first kappa shape index (κ1) is 13.7. The van der Waals surface area contributed by atoms with Gasteiger partial charge in [0.25, 0.3) is 0 Å². The van der Waals surface area contributed by atoms with Gasteiger partial charge >= 0.3 is 0 Å². The third kappa shape index (κ3) is 2.77. The number of nitrogens with zero attached hydrogens (tertiary/aromatic N) is 2. The molecule has 0 aromatic carbocycles. The zero-order chi connectivity index (χ0) is 14.7. The van der Waals surface area contributed by atoms with Crippen LogP contribution in [0.5, 0.6) is 0 Å². The maximum atomic E-state index is 14.0. The summed E-state index contributed by atoms with van der Waals surface area (Å²) in [6, 6.07) is 7.57. The molecule has 0 amide bonds. The number of halogens is 1. The second-order valence-corrected chi connectivity index (χ2v) is 4.90. The van der Waals surface area contributed by atoms with Crippen LogP contribution in [0.4, 0.5) is 4.39 Å². The molecule has 2 aromatic rings. The first-order chi connectivity index (χ1) is 10.3. The molecule has 2 nitrogen and oxygen atoms in total. The van der Waals surface area contributed by atoms with Gasteiger partial charge in [0, 0.05) is 23.7 Å². The maximum absolute atomic E-state index is 14.0. The van der Waals surface area contributed by atoms with Crippen LogP contribution < -0.4 is 0 Å². The smallest absolute Gasteiger partial charge is 0.220 e. The molecule has 2 heterocycles. The Morgan fingerprint density at radius 3 is 2.86 bits per heavy atom. The molecule has 0 bridgehead atoms. The predicted molar refractivity (Wildman–Crippen MR) is 82.7 cm³/mol. The highest BCUT2D eigenvalue weighted by Crippen LogP contribution is 2.34. The van der Waals surface area contributed by atoms with E-state index in [9.17, 15) is 4.39 Å². The number of aryl methyl sites for hydroxylation is 1. The molecular formula is C18H16FN2. The van der Waals surface area contributed by atoms with Crippen LogP contribution in [-0.2, 0) is 6.42 Å². The predicted octanol–water partition coefficient (Wildman–Crippen LogP) is 4.25. The van der Waals surface area contributed by atoms with Crippen LogP contribution in [0.2, 0.25) is 0 Å². The highest BCUT2D eigenvalue weighted by molar-refractivity contribution is 5.99. The van der Waals surface area contributed by atoms with E-state index < -0.39 is 5.95 Å². The molecule has 3 rings (SSSR count). The normalized spacial score (nSPS) is 14.6. The fourth-order valence-electron chi connectivity index (χ4n) is 2.51. The lowest BCUT2D eigenvalue weighted by Crippen LogP contribution is -2.00. The van der Waals surface area contributed by atoms with Crippen molar-refractivity contribution in [2.75, 3.05) is 0 Å². The van der Waals surface area contributed by atoms with Crippen molar-refractivity contribution in [2.45, 2.75) is 19.8 Å². The van der Waals surface area contributed by atoms with E-state index in [-0.39, 0.29) is 0 Å². The largest absolute Gasteiger partial charge is 0.261 e. The van der Waals surface area contributed by atoms with Crippen molar-refractivity contribution in [1.82, 2.24) is 9.97 Å². The minimum absolute atomic E-state index is 0.435. The van der Waals surface area contributed by atoms with Gasteiger partial charge in [0.1, 0.15) is 0 Å². The van der Waals surface area contributed by atoms with E-state index in [1.807, 2.05) is 24.4 Å². The number of hydrogen-bond donors (Lipinski definition) is 0. The zero-order valence-electron chi connectivity index (χ0n) is 11.9. The van der Waals surface area contributed by atoms with E-state index >= 15 is 0 Å². The van der Waals surface area contributed by atoms with E-state index in [1.54, 1.807) is 12.1 Å². The lowest BCUT2D eigenvalue weighted by molar-refractivity contribution is 0.580. The fourth-order valence-corrected chi connectivity index (χ4v) is 2.51. The minimum atomic E-state index is -0.435. The summed E-state index contributed by atoms with van der Waals surface area (Å²) >= 11 is 0. The van der Waals surface area contributed by atoms with E-state index in [0.29, 0.717) is 5.56 Å². The van der Waals surface area contributed by atoms with Gasteiger partial charge in [-0.1, -0.05) is 19.1 Å². The Morgan fingerprint density at radius 1 is 1.14 bits per heavy atom. The molecule has 0 atom stereocenters. The molecule has 1 aliphatic carbocycles. The van der Waals surface area contributed by atoms with Crippen molar-refractivity contribution < 1.29 is 4.39 Å². The van der Waals surface area contributed by atoms with Gasteiger partial charge in [0.15, 0.2) is 0 Å². The summed E-state index contributed by atoms with van der Waals surface area (Å²) < 4.78 is 14.0. The fraction of sp³-hybridized carbons (Fsp3) is 0.167. The zero-order valence-corrected chi connectivity index (χ0v) is 11.9. The third-order valence-electron chi connectivity index (χ3n) is 3.57. The molecule has 0 saturated carbocycles. The van der Waals surface area contributed by atoms with Crippen LogP contribution in [0.3, 0.4) is 0 Å². The Kier molecular flexibility index (Phi) is 3.91. The Bertz CT molecular complexity index is 717. The van der Waals surface area contributed by atoms with Crippen molar-refractivity contribution in [3.63, 3.8) is 0 Å². The second-order valence-electron chi connectivity index (χ2n) is 4.90. The summed E-state index contributed by atoms with van der Waals surface area (Å²) in [6.45, 7) is 2.08. The van der Waals surface area contributed by atoms with E-state index in [2.05, 4.69) is 29.4 Å². The molecule has 3 heteroatoms. The van der Waals surface area contributed by atoms with Gasteiger partial charge < -0.3 is 0 Å². The van der Waals surface area contributed by atoms with Crippen molar-refractivity contribution in [2.24, 2.45) is 0 Å². The van der Waals surface area contributed by atoms with Crippen molar-refractivity contribution in [3.05, 3.63) is 78.0 Å². The summed E-state index contributed by atoms with van der Waals surface area (Å²) in [5.74, 6) is -0.435. The van der Waals surface area contributed by atoms with Crippen LogP contribution in [-0.4, -0.2) is 9.97 Å². The first-order valence-electron chi connectivity index (χ1n) is 7.10. The Morgan fingerprint density at radius 2 is 2.05 bits per heavy atom. The number of allylic oxidation sites excluding steroid dienone is 4. The minimum Gasteiger partial charge on any atom is -0.261 e. The average Bonchev–Trinajstić information content (AvgIpc) is 2.55. The summed E-state index contributed by atoms with van der Waals surface area (Å²) in [7, 11) is 0. The lowest BCUT2D eigenvalue weighted by atomic mass is 9.88. The Balaban J connectivity index is 2.16. The molecule has 2 aromatic heterocycles. The Hall–Kier alpha value is -2.29. The molecule has 0 saturated heterocycles. The van der Waals surface area contributed by atoms with E-state index in [4.69, 9.17) is 0 Å². The quantitative estimate of drug-likeness (QED) is 0.785. The second kappa shape index (κ2) is 6.00. The molecule has 1 radical (unpaired) electrons. The van der Waals surface area contributed by atoms with Crippen LogP contribution in [0.25, 0.3) is 11.1 Å². The van der Waals surface area contributed by atoms with Gasteiger partial charge in [-0.05, 0) is 60.2 Å². The maximum Gasteiger partial charge on any atom is 0.220 e. The summed E-state index contributed by atoms with van der Waals surface area (Å²) in [4.78, 5) is 8.08. The van der Waals surface area contributed by atoms with Crippen molar-refractivity contribution >= 4 is 11.1 Å². The van der Waals surface area contributed by atoms with Crippen LogP contribution in [0.1, 0.15) is 30.2 Å². The molecule has 1 aliphatic rings.